The van der Waals surface area contributed by atoms with Crippen LogP contribution in [-0.2, 0) is 26.0 Å². The zero-order chi connectivity index (χ0) is 22.7. The highest BCUT2D eigenvalue weighted by Gasteiger charge is 2.39. The molecule has 6 nitrogen and oxygen atoms in total. The number of carbonyl (C=O) groups is 2. The molecule has 0 saturated carbocycles. The molecule has 164 valence electrons. The molecule has 2 amide bonds. The average molecular weight is 469 g/mol. The van der Waals surface area contributed by atoms with E-state index in [9.17, 15) is 18.0 Å². The van der Waals surface area contributed by atoms with Crippen LogP contribution in [0.1, 0.15) is 22.8 Å². The van der Waals surface area contributed by atoms with E-state index in [4.69, 9.17) is 11.6 Å². The number of nitrogens with zero attached hydrogens (tertiary/aromatic N) is 1. The highest BCUT2D eigenvalue weighted by Crippen LogP contribution is 2.40. The second kappa shape index (κ2) is 9.14. The molecule has 1 aliphatic rings. The molecule has 1 atom stereocenters. The van der Waals surface area contributed by atoms with Crippen LogP contribution in [0, 0.1) is 0 Å². The van der Waals surface area contributed by atoms with Crippen LogP contribution >= 0.6 is 11.6 Å². The Kier molecular flexibility index (Phi) is 6.30. The first-order valence-electron chi connectivity index (χ1n) is 10.1. The first-order chi connectivity index (χ1) is 15.4. The van der Waals surface area contributed by atoms with Crippen LogP contribution in [0.2, 0.25) is 5.02 Å². The van der Waals surface area contributed by atoms with Crippen molar-refractivity contribution in [3.05, 3.63) is 95.0 Å². The van der Waals surface area contributed by atoms with E-state index in [0.717, 1.165) is 5.56 Å². The summed E-state index contributed by atoms with van der Waals surface area (Å²) in [5.41, 5.74) is 1.50. The maximum atomic E-state index is 13.5. The number of amides is 2. The number of hydrogen-bond acceptors (Lipinski definition) is 4. The van der Waals surface area contributed by atoms with Crippen LogP contribution in [0.5, 0.6) is 0 Å². The van der Waals surface area contributed by atoms with E-state index in [0.29, 0.717) is 10.6 Å². The Morgan fingerprint density at radius 1 is 0.969 bits per heavy atom. The summed E-state index contributed by atoms with van der Waals surface area (Å²) in [6, 6.07) is 22.1. The lowest BCUT2D eigenvalue weighted by molar-refractivity contribution is -0.124. The fourth-order valence-electron chi connectivity index (χ4n) is 3.76. The number of anilines is 1. The Bertz CT molecular complexity index is 1260. The molecular weight excluding hydrogens is 448 g/mol. The molecule has 0 aromatic heterocycles. The van der Waals surface area contributed by atoms with Crippen molar-refractivity contribution in [1.82, 2.24) is 5.32 Å². The third-order valence-electron chi connectivity index (χ3n) is 5.41. The van der Waals surface area contributed by atoms with Gasteiger partial charge in [-0.05, 0) is 29.3 Å². The second-order valence-electron chi connectivity index (χ2n) is 7.46. The van der Waals surface area contributed by atoms with Gasteiger partial charge in [-0.25, -0.2) is 8.42 Å². The van der Waals surface area contributed by atoms with Gasteiger partial charge in [-0.1, -0.05) is 72.3 Å². The molecule has 0 spiro atoms. The first-order valence-corrected chi connectivity index (χ1v) is 12.0. The monoisotopic (exact) mass is 468 g/mol. The quantitative estimate of drug-likeness (QED) is 0.615. The number of hydrogen-bond donors (Lipinski definition) is 1. The number of fused-ring (bicyclic) bond motifs is 1. The zero-order valence-corrected chi connectivity index (χ0v) is 18.6. The normalized spacial score (nSPS) is 17.3. The minimum atomic E-state index is -3.85. The molecule has 0 aliphatic carbocycles. The summed E-state index contributed by atoms with van der Waals surface area (Å²) in [6.45, 7) is -0.0928. The van der Waals surface area contributed by atoms with Crippen molar-refractivity contribution in [3.63, 3.8) is 0 Å². The summed E-state index contributed by atoms with van der Waals surface area (Å²) < 4.78 is 26.9. The van der Waals surface area contributed by atoms with Crippen molar-refractivity contribution >= 4 is 38.9 Å². The molecule has 4 rings (SSSR count). The van der Waals surface area contributed by atoms with Crippen LogP contribution in [0.15, 0.2) is 83.8 Å². The minimum Gasteiger partial charge on any atom is -0.350 e. The summed E-state index contributed by atoms with van der Waals surface area (Å²) in [7, 11) is -3.85. The summed E-state index contributed by atoms with van der Waals surface area (Å²) in [5.74, 6) is -0.844. The smallest absolute Gasteiger partial charge is 0.240 e. The molecule has 0 saturated heterocycles. The fraction of sp³-hybridized carbons (Fsp3) is 0.167. The molecule has 32 heavy (non-hydrogen) atoms. The van der Waals surface area contributed by atoms with E-state index >= 15 is 0 Å². The third-order valence-corrected chi connectivity index (χ3v) is 7.92. The van der Waals surface area contributed by atoms with E-state index < -0.39 is 26.9 Å². The predicted molar refractivity (Wildman–Crippen MR) is 123 cm³/mol. The van der Waals surface area contributed by atoms with Crippen LogP contribution in [0.4, 0.5) is 5.69 Å². The molecule has 1 heterocycles. The van der Waals surface area contributed by atoms with Crippen molar-refractivity contribution < 1.29 is 18.0 Å². The van der Waals surface area contributed by atoms with E-state index in [2.05, 4.69) is 5.32 Å². The molecule has 0 unspecified atom stereocenters. The molecule has 3 aromatic carbocycles. The molecule has 0 bridgehead atoms. The highest BCUT2D eigenvalue weighted by molar-refractivity contribution is 7.92. The Labute approximate surface area is 191 Å². The van der Waals surface area contributed by atoms with Gasteiger partial charge in [0.15, 0.2) is 9.84 Å². The van der Waals surface area contributed by atoms with Gasteiger partial charge in [0.1, 0.15) is 6.54 Å². The minimum absolute atomic E-state index is 0.0404. The van der Waals surface area contributed by atoms with Crippen molar-refractivity contribution in [2.24, 2.45) is 0 Å². The molecule has 8 heteroatoms. The fourth-order valence-corrected chi connectivity index (χ4v) is 5.88. The SMILES string of the molecule is O=C(CN1C(=O)C[C@@H](c2ccccc2)S(=O)(=O)c2ccccc21)NCc1ccccc1Cl. The number of para-hydroxylation sites is 1. The number of sulfone groups is 1. The van der Waals surface area contributed by atoms with E-state index in [1.807, 2.05) is 6.07 Å². The van der Waals surface area contributed by atoms with E-state index in [1.54, 1.807) is 66.7 Å². The highest BCUT2D eigenvalue weighted by atomic mass is 35.5. The Morgan fingerprint density at radius 2 is 1.62 bits per heavy atom. The van der Waals surface area contributed by atoms with Gasteiger partial charge in [0.05, 0.1) is 15.8 Å². The summed E-state index contributed by atoms with van der Waals surface area (Å²) >= 11 is 6.13. The average Bonchev–Trinajstić information content (AvgIpc) is 2.88. The lowest BCUT2D eigenvalue weighted by Gasteiger charge is -2.22. The first kappa shape index (κ1) is 22.0. The number of rotatable bonds is 5. The number of halogens is 1. The van der Waals surface area contributed by atoms with Crippen LogP contribution in [0.3, 0.4) is 0 Å². The maximum Gasteiger partial charge on any atom is 0.240 e. The van der Waals surface area contributed by atoms with Crippen molar-refractivity contribution in [2.45, 2.75) is 23.1 Å². The molecule has 1 N–H and O–H groups in total. The van der Waals surface area contributed by atoms with E-state index in [1.165, 1.54) is 11.0 Å². The van der Waals surface area contributed by atoms with Crippen LogP contribution < -0.4 is 10.2 Å². The third kappa shape index (κ3) is 4.40. The van der Waals surface area contributed by atoms with Gasteiger partial charge < -0.3 is 10.2 Å². The van der Waals surface area contributed by atoms with Crippen molar-refractivity contribution in [3.8, 4) is 0 Å². The Morgan fingerprint density at radius 3 is 2.38 bits per heavy atom. The largest absolute Gasteiger partial charge is 0.350 e. The van der Waals surface area contributed by atoms with Crippen LogP contribution in [-0.4, -0.2) is 26.8 Å². The number of nitrogens with one attached hydrogen (secondary N) is 1. The molecule has 0 radical (unpaired) electrons. The topological polar surface area (TPSA) is 83.6 Å². The van der Waals surface area contributed by atoms with Crippen molar-refractivity contribution in [1.29, 1.82) is 0 Å². The summed E-state index contributed by atoms with van der Waals surface area (Å²) in [6.07, 6.45) is -0.251. The van der Waals surface area contributed by atoms with Gasteiger partial charge in [-0.15, -0.1) is 0 Å². The van der Waals surface area contributed by atoms with Gasteiger partial charge in [0.25, 0.3) is 0 Å². The standard InChI is InChI=1S/C24H21ClN2O4S/c25-19-11-5-4-10-18(19)15-26-23(28)16-27-20-12-6-7-13-21(20)32(30,31)22(14-24(27)29)17-8-2-1-3-9-17/h1-13,22H,14-16H2,(H,26,28)/t22-/m0/s1. The second-order valence-corrected chi connectivity index (χ2v) is 9.97. The van der Waals surface area contributed by atoms with Crippen molar-refractivity contribution in [2.75, 3.05) is 11.4 Å². The Balaban J connectivity index is 1.63. The van der Waals surface area contributed by atoms with Crippen LogP contribution in [0.25, 0.3) is 0 Å². The molecule has 1 aliphatic heterocycles. The predicted octanol–water partition coefficient (Wildman–Crippen LogP) is 3.91. The number of carbonyl (C=O) groups excluding carboxylic acids is 2. The van der Waals surface area contributed by atoms with Gasteiger partial charge in [-0.2, -0.15) is 0 Å². The molecule has 3 aromatic rings. The summed E-state index contributed by atoms with van der Waals surface area (Å²) in [5, 5.41) is 2.26. The van der Waals surface area contributed by atoms with Gasteiger partial charge >= 0.3 is 0 Å². The van der Waals surface area contributed by atoms with E-state index in [-0.39, 0.29) is 30.1 Å². The summed E-state index contributed by atoms with van der Waals surface area (Å²) in [4.78, 5) is 27.1. The maximum absolute atomic E-state index is 13.5. The lowest BCUT2D eigenvalue weighted by atomic mass is 10.1. The molecular formula is C24H21ClN2O4S. The van der Waals surface area contributed by atoms with Gasteiger partial charge in [0, 0.05) is 18.0 Å². The zero-order valence-electron chi connectivity index (χ0n) is 17.1. The number of benzene rings is 3. The Hall–Kier alpha value is -3.16. The van der Waals surface area contributed by atoms with Gasteiger partial charge in [0.2, 0.25) is 11.8 Å². The van der Waals surface area contributed by atoms with Gasteiger partial charge in [-0.3, -0.25) is 9.59 Å². The lowest BCUT2D eigenvalue weighted by Crippen LogP contribution is -2.40. The molecule has 0 fully saturated rings.